The Labute approximate surface area is 122 Å². The molecule has 114 valence electrons. The molecule has 0 unspecified atom stereocenters. The standard InChI is InChI=1S/C17H29NO2/c1-2-4-18(12-16(19)20)5-3-17-9-13-6-14(10-17)8-15(7-13)11-17/h13-15H,2-12H2,1H3,(H,19,20). The molecule has 0 radical (unpaired) electrons. The molecule has 4 aliphatic rings. The summed E-state index contributed by atoms with van der Waals surface area (Å²) in [7, 11) is 0. The van der Waals surface area contributed by atoms with Gasteiger partial charge in [0, 0.05) is 0 Å². The van der Waals surface area contributed by atoms with E-state index in [0.717, 1.165) is 37.3 Å². The van der Waals surface area contributed by atoms with Crippen LogP contribution in [0.3, 0.4) is 0 Å². The summed E-state index contributed by atoms with van der Waals surface area (Å²) in [5.41, 5.74) is 0.583. The van der Waals surface area contributed by atoms with Crippen LogP contribution in [0.2, 0.25) is 0 Å². The topological polar surface area (TPSA) is 40.5 Å². The van der Waals surface area contributed by atoms with Crippen LogP contribution >= 0.6 is 0 Å². The average molecular weight is 279 g/mol. The summed E-state index contributed by atoms with van der Waals surface area (Å²) in [5, 5.41) is 9.03. The first-order valence-corrected chi connectivity index (χ1v) is 8.53. The number of rotatable bonds is 7. The molecule has 0 amide bonds. The van der Waals surface area contributed by atoms with Gasteiger partial charge in [-0.1, -0.05) is 6.92 Å². The van der Waals surface area contributed by atoms with Crippen molar-refractivity contribution in [1.82, 2.24) is 4.90 Å². The molecule has 4 fully saturated rings. The van der Waals surface area contributed by atoms with Crippen molar-refractivity contribution in [2.45, 2.75) is 58.3 Å². The maximum atomic E-state index is 11.0. The molecule has 0 spiro atoms. The van der Waals surface area contributed by atoms with Gasteiger partial charge in [-0.05, 0) is 87.6 Å². The van der Waals surface area contributed by atoms with E-state index in [1.807, 2.05) is 0 Å². The zero-order valence-electron chi connectivity index (χ0n) is 12.8. The first-order valence-electron chi connectivity index (χ1n) is 8.53. The zero-order valence-corrected chi connectivity index (χ0v) is 12.8. The molecule has 3 heteroatoms. The molecule has 0 aromatic heterocycles. The Morgan fingerprint density at radius 2 is 1.65 bits per heavy atom. The van der Waals surface area contributed by atoms with Crippen LogP contribution < -0.4 is 0 Å². The molecule has 0 heterocycles. The molecule has 0 saturated heterocycles. The molecular formula is C17H29NO2. The number of hydrogen-bond donors (Lipinski definition) is 1. The number of hydrogen-bond acceptors (Lipinski definition) is 2. The lowest BCUT2D eigenvalue weighted by Gasteiger charge is -2.57. The molecular weight excluding hydrogens is 250 g/mol. The zero-order chi connectivity index (χ0) is 14.2. The van der Waals surface area contributed by atoms with Crippen molar-refractivity contribution >= 4 is 5.97 Å². The Balaban J connectivity index is 1.58. The number of carboxylic acids is 1. The van der Waals surface area contributed by atoms with Crippen molar-refractivity contribution in [3.8, 4) is 0 Å². The predicted octanol–water partition coefficient (Wildman–Crippen LogP) is 3.39. The summed E-state index contributed by atoms with van der Waals surface area (Å²) >= 11 is 0. The van der Waals surface area contributed by atoms with E-state index in [0.29, 0.717) is 5.41 Å². The van der Waals surface area contributed by atoms with E-state index in [-0.39, 0.29) is 6.54 Å². The van der Waals surface area contributed by atoms with E-state index in [1.54, 1.807) is 0 Å². The largest absolute Gasteiger partial charge is 0.480 e. The molecule has 0 aromatic rings. The lowest BCUT2D eigenvalue weighted by molar-refractivity contribution is -0.138. The fraction of sp³-hybridized carbons (Fsp3) is 0.941. The second-order valence-corrected chi connectivity index (χ2v) is 7.84. The highest BCUT2D eigenvalue weighted by Crippen LogP contribution is 2.61. The van der Waals surface area contributed by atoms with Crippen molar-refractivity contribution in [2.24, 2.45) is 23.2 Å². The molecule has 4 aliphatic carbocycles. The Hall–Kier alpha value is -0.570. The van der Waals surface area contributed by atoms with Crippen LogP contribution in [0.4, 0.5) is 0 Å². The molecule has 0 aromatic carbocycles. The average Bonchev–Trinajstić information content (AvgIpc) is 2.34. The molecule has 4 rings (SSSR count). The Bertz CT molecular complexity index is 331. The highest BCUT2D eigenvalue weighted by atomic mass is 16.4. The van der Waals surface area contributed by atoms with Gasteiger partial charge < -0.3 is 5.11 Å². The summed E-state index contributed by atoms with van der Waals surface area (Å²) in [6.07, 6.45) is 11.1. The summed E-state index contributed by atoms with van der Waals surface area (Å²) < 4.78 is 0. The minimum absolute atomic E-state index is 0.222. The van der Waals surface area contributed by atoms with Crippen molar-refractivity contribution in [1.29, 1.82) is 0 Å². The van der Waals surface area contributed by atoms with Gasteiger partial charge in [-0.3, -0.25) is 9.69 Å². The van der Waals surface area contributed by atoms with Crippen LogP contribution in [0.25, 0.3) is 0 Å². The second-order valence-electron chi connectivity index (χ2n) is 7.84. The van der Waals surface area contributed by atoms with E-state index in [9.17, 15) is 4.79 Å². The van der Waals surface area contributed by atoms with Gasteiger partial charge in [0.05, 0.1) is 6.54 Å². The minimum Gasteiger partial charge on any atom is -0.480 e. The van der Waals surface area contributed by atoms with Gasteiger partial charge in [-0.25, -0.2) is 0 Å². The van der Waals surface area contributed by atoms with Crippen molar-refractivity contribution < 1.29 is 9.90 Å². The van der Waals surface area contributed by atoms with Gasteiger partial charge in [0.1, 0.15) is 0 Å². The Morgan fingerprint density at radius 3 is 2.10 bits per heavy atom. The van der Waals surface area contributed by atoms with Gasteiger partial charge in [0.2, 0.25) is 0 Å². The first kappa shape index (κ1) is 14.4. The van der Waals surface area contributed by atoms with E-state index in [4.69, 9.17) is 5.11 Å². The van der Waals surface area contributed by atoms with Gasteiger partial charge in [0.25, 0.3) is 0 Å². The molecule has 4 saturated carbocycles. The van der Waals surface area contributed by atoms with Crippen molar-refractivity contribution in [3.63, 3.8) is 0 Å². The Kier molecular flexibility index (Phi) is 4.07. The van der Waals surface area contributed by atoms with Gasteiger partial charge in [0.15, 0.2) is 0 Å². The Morgan fingerprint density at radius 1 is 1.10 bits per heavy atom. The van der Waals surface area contributed by atoms with Crippen LogP contribution in [0.5, 0.6) is 0 Å². The van der Waals surface area contributed by atoms with Crippen molar-refractivity contribution in [3.05, 3.63) is 0 Å². The molecule has 3 nitrogen and oxygen atoms in total. The normalized spacial score (nSPS) is 38.6. The van der Waals surface area contributed by atoms with E-state index in [1.165, 1.54) is 44.9 Å². The SMILES string of the molecule is CCCN(CCC12CC3CC(CC(C3)C1)C2)CC(=O)O. The highest BCUT2D eigenvalue weighted by Gasteiger charge is 2.50. The van der Waals surface area contributed by atoms with E-state index < -0.39 is 5.97 Å². The van der Waals surface area contributed by atoms with Crippen LogP contribution in [-0.2, 0) is 4.79 Å². The number of carboxylic acid groups (broad SMARTS) is 1. The van der Waals surface area contributed by atoms with E-state index in [2.05, 4.69) is 11.8 Å². The number of aliphatic carboxylic acids is 1. The predicted molar refractivity (Wildman–Crippen MR) is 79.6 cm³/mol. The lowest BCUT2D eigenvalue weighted by Crippen LogP contribution is -2.47. The molecule has 20 heavy (non-hydrogen) atoms. The molecule has 1 N–H and O–H groups in total. The lowest BCUT2D eigenvalue weighted by atomic mass is 9.49. The molecule has 0 atom stereocenters. The number of nitrogens with zero attached hydrogens (tertiary/aromatic N) is 1. The third-order valence-corrected chi connectivity index (χ3v) is 6.02. The summed E-state index contributed by atoms with van der Waals surface area (Å²) in [6, 6.07) is 0. The van der Waals surface area contributed by atoms with Gasteiger partial charge in [-0.2, -0.15) is 0 Å². The minimum atomic E-state index is -0.677. The van der Waals surface area contributed by atoms with Crippen LogP contribution in [0.15, 0.2) is 0 Å². The molecule has 0 aliphatic heterocycles. The smallest absolute Gasteiger partial charge is 0.317 e. The maximum absolute atomic E-state index is 11.0. The number of carbonyl (C=O) groups is 1. The summed E-state index contributed by atoms with van der Waals surface area (Å²) in [4.78, 5) is 13.1. The van der Waals surface area contributed by atoms with Gasteiger partial charge in [-0.15, -0.1) is 0 Å². The van der Waals surface area contributed by atoms with Crippen LogP contribution in [0, 0.1) is 23.2 Å². The second kappa shape index (κ2) is 5.67. The first-order chi connectivity index (χ1) is 9.58. The third kappa shape index (κ3) is 3.03. The quantitative estimate of drug-likeness (QED) is 0.776. The summed E-state index contributed by atoms with van der Waals surface area (Å²) in [6.45, 7) is 4.28. The van der Waals surface area contributed by atoms with Crippen molar-refractivity contribution in [2.75, 3.05) is 19.6 Å². The van der Waals surface area contributed by atoms with Gasteiger partial charge >= 0.3 is 5.97 Å². The van der Waals surface area contributed by atoms with Crippen LogP contribution in [0.1, 0.15) is 58.3 Å². The fourth-order valence-electron chi connectivity index (χ4n) is 5.77. The summed E-state index contributed by atoms with van der Waals surface area (Å²) in [5.74, 6) is 2.32. The molecule has 4 bridgehead atoms. The monoisotopic (exact) mass is 279 g/mol. The van der Waals surface area contributed by atoms with E-state index >= 15 is 0 Å². The fourth-order valence-corrected chi connectivity index (χ4v) is 5.77. The third-order valence-electron chi connectivity index (χ3n) is 6.02. The maximum Gasteiger partial charge on any atom is 0.317 e. The highest BCUT2D eigenvalue weighted by molar-refractivity contribution is 5.69. The van der Waals surface area contributed by atoms with Crippen LogP contribution in [-0.4, -0.2) is 35.6 Å².